The highest BCUT2D eigenvalue weighted by Gasteiger charge is 2.07. The van der Waals surface area contributed by atoms with Gasteiger partial charge >= 0.3 is 0 Å². The van der Waals surface area contributed by atoms with Gasteiger partial charge in [-0.15, -0.1) is 0 Å². The van der Waals surface area contributed by atoms with Crippen LogP contribution in [0.1, 0.15) is 36.4 Å². The first kappa shape index (κ1) is 21.2. The predicted molar refractivity (Wildman–Crippen MR) is 110 cm³/mol. The summed E-state index contributed by atoms with van der Waals surface area (Å²) < 4.78 is 10.7. The van der Waals surface area contributed by atoms with Crippen LogP contribution in [-0.4, -0.2) is 23.5 Å². The molecule has 0 bridgehead atoms. The number of benzene rings is 1. The van der Waals surface area contributed by atoms with Gasteiger partial charge in [-0.25, -0.2) is 0 Å². The lowest BCUT2D eigenvalue weighted by Gasteiger charge is -2.11. The van der Waals surface area contributed by atoms with Crippen molar-refractivity contribution in [1.29, 1.82) is 0 Å². The summed E-state index contributed by atoms with van der Waals surface area (Å²) in [4.78, 5) is 23.9. The van der Waals surface area contributed by atoms with Crippen molar-refractivity contribution in [2.45, 2.75) is 20.3 Å². The maximum Gasteiger partial charge on any atom is 0.269 e. The molecule has 8 heteroatoms. The van der Waals surface area contributed by atoms with E-state index in [0.717, 1.165) is 6.42 Å². The third-order valence-electron chi connectivity index (χ3n) is 3.55. The lowest BCUT2D eigenvalue weighted by atomic mass is 10.1. The zero-order chi connectivity index (χ0) is 20.4. The Morgan fingerprint density at radius 3 is 2.57 bits per heavy atom. The van der Waals surface area contributed by atoms with Gasteiger partial charge in [0.2, 0.25) is 5.91 Å². The van der Waals surface area contributed by atoms with Crippen molar-refractivity contribution in [2.24, 2.45) is 5.92 Å². The monoisotopic (exact) mass is 401 g/mol. The number of carbonyl (C=O) groups is 2. The van der Waals surface area contributed by atoms with Gasteiger partial charge < -0.3 is 9.15 Å². The molecule has 0 unspecified atom stereocenters. The third kappa shape index (κ3) is 7.63. The fourth-order valence-electron chi connectivity index (χ4n) is 2.03. The van der Waals surface area contributed by atoms with E-state index in [4.69, 9.17) is 21.4 Å². The van der Waals surface area contributed by atoms with Gasteiger partial charge in [0.15, 0.2) is 5.11 Å². The Hall–Kier alpha value is -3.13. The van der Waals surface area contributed by atoms with E-state index in [1.807, 2.05) is 0 Å². The number of rotatable bonds is 7. The molecule has 0 atom stereocenters. The second-order valence-electron chi connectivity index (χ2n) is 6.30. The molecule has 0 fully saturated rings. The first-order chi connectivity index (χ1) is 13.4. The molecule has 0 saturated carbocycles. The van der Waals surface area contributed by atoms with E-state index in [1.165, 1.54) is 18.4 Å². The minimum atomic E-state index is -0.453. The summed E-state index contributed by atoms with van der Waals surface area (Å²) in [5.74, 6) is 0.971. The van der Waals surface area contributed by atoms with E-state index in [1.54, 1.807) is 36.4 Å². The molecule has 2 aromatic rings. The van der Waals surface area contributed by atoms with Crippen LogP contribution in [0.25, 0.3) is 6.08 Å². The van der Waals surface area contributed by atoms with E-state index >= 15 is 0 Å². The van der Waals surface area contributed by atoms with Crippen molar-refractivity contribution in [3.05, 3.63) is 60.1 Å². The molecule has 0 radical (unpaired) electrons. The summed E-state index contributed by atoms with van der Waals surface area (Å²) in [6, 6.07) is 10.2. The van der Waals surface area contributed by atoms with Crippen LogP contribution in [0.3, 0.4) is 0 Å². The van der Waals surface area contributed by atoms with Crippen molar-refractivity contribution >= 4 is 35.2 Å². The molecule has 3 N–H and O–H groups in total. The zero-order valence-corrected chi connectivity index (χ0v) is 16.5. The summed E-state index contributed by atoms with van der Waals surface area (Å²) in [6.07, 6.45) is 5.24. The molecule has 1 aromatic heterocycles. The van der Waals surface area contributed by atoms with E-state index in [0.29, 0.717) is 29.6 Å². The van der Waals surface area contributed by atoms with E-state index in [-0.39, 0.29) is 5.11 Å². The van der Waals surface area contributed by atoms with Crippen LogP contribution < -0.4 is 20.9 Å². The summed E-state index contributed by atoms with van der Waals surface area (Å²) in [5.41, 5.74) is 5.33. The SMILES string of the molecule is CC(C)CCOc1ccc(C(=O)NNC(=S)NC(=O)C=Cc2ccco2)cc1. The lowest BCUT2D eigenvalue weighted by molar-refractivity contribution is -0.115. The fraction of sp³-hybridized carbons (Fsp3) is 0.250. The number of ether oxygens (including phenoxy) is 1. The minimum absolute atomic E-state index is 0.0314. The van der Waals surface area contributed by atoms with Gasteiger partial charge in [-0.2, -0.15) is 0 Å². The van der Waals surface area contributed by atoms with Crippen LogP contribution in [0.5, 0.6) is 5.75 Å². The number of amides is 2. The van der Waals surface area contributed by atoms with Gasteiger partial charge in [-0.3, -0.25) is 25.8 Å². The largest absolute Gasteiger partial charge is 0.494 e. The Bertz CT molecular complexity index is 814. The molecule has 0 aliphatic carbocycles. The Labute approximate surface area is 169 Å². The smallest absolute Gasteiger partial charge is 0.269 e. The zero-order valence-electron chi connectivity index (χ0n) is 15.7. The van der Waals surface area contributed by atoms with Gasteiger partial charge in [0.1, 0.15) is 11.5 Å². The van der Waals surface area contributed by atoms with Crippen molar-refractivity contribution < 1.29 is 18.7 Å². The molecule has 0 aliphatic rings. The number of hydrogen-bond acceptors (Lipinski definition) is 5. The molecule has 7 nitrogen and oxygen atoms in total. The van der Waals surface area contributed by atoms with Crippen LogP contribution in [0.4, 0.5) is 0 Å². The Kier molecular flexibility index (Phi) is 8.23. The van der Waals surface area contributed by atoms with E-state index in [9.17, 15) is 9.59 Å². The highest BCUT2D eigenvalue weighted by atomic mass is 32.1. The molecular weight excluding hydrogens is 378 g/mol. The number of carbonyl (C=O) groups excluding carboxylic acids is 2. The van der Waals surface area contributed by atoms with Crippen molar-refractivity contribution in [1.82, 2.24) is 16.2 Å². The van der Waals surface area contributed by atoms with Gasteiger partial charge in [0.25, 0.3) is 5.91 Å². The van der Waals surface area contributed by atoms with Gasteiger partial charge in [-0.1, -0.05) is 13.8 Å². The Morgan fingerprint density at radius 1 is 1.18 bits per heavy atom. The van der Waals surface area contributed by atoms with E-state index < -0.39 is 11.8 Å². The lowest BCUT2D eigenvalue weighted by Crippen LogP contribution is -2.48. The number of hydrazine groups is 1. The third-order valence-corrected chi connectivity index (χ3v) is 3.75. The van der Waals surface area contributed by atoms with E-state index in [2.05, 4.69) is 30.0 Å². The highest BCUT2D eigenvalue weighted by Crippen LogP contribution is 2.13. The molecule has 28 heavy (non-hydrogen) atoms. The molecular formula is C20H23N3O4S. The van der Waals surface area contributed by atoms with Gasteiger partial charge in [0.05, 0.1) is 12.9 Å². The minimum Gasteiger partial charge on any atom is -0.494 e. The Balaban J connectivity index is 1.73. The van der Waals surface area contributed by atoms with Gasteiger partial charge in [0, 0.05) is 11.6 Å². The summed E-state index contributed by atoms with van der Waals surface area (Å²) >= 11 is 4.97. The maximum absolute atomic E-state index is 12.1. The normalized spacial score (nSPS) is 10.7. The number of nitrogens with one attached hydrogen (secondary N) is 3. The molecule has 1 aromatic carbocycles. The molecule has 148 valence electrons. The maximum atomic E-state index is 12.1. The fourth-order valence-corrected chi connectivity index (χ4v) is 2.18. The average molecular weight is 401 g/mol. The number of furan rings is 1. The summed E-state index contributed by atoms with van der Waals surface area (Å²) in [6.45, 7) is 4.89. The second-order valence-corrected chi connectivity index (χ2v) is 6.71. The van der Waals surface area contributed by atoms with Crippen molar-refractivity contribution in [3.8, 4) is 5.75 Å². The van der Waals surface area contributed by atoms with Crippen LogP contribution in [0.15, 0.2) is 53.2 Å². The van der Waals surface area contributed by atoms with Crippen LogP contribution in [-0.2, 0) is 4.79 Å². The highest BCUT2D eigenvalue weighted by molar-refractivity contribution is 7.80. The first-order valence-electron chi connectivity index (χ1n) is 8.80. The van der Waals surface area contributed by atoms with Crippen LogP contribution in [0.2, 0.25) is 0 Å². The van der Waals surface area contributed by atoms with Crippen LogP contribution in [0, 0.1) is 5.92 Å². The quantitative estimate of drug-likeness (QED) is 0.375. The predicted octanol–water partition coefficient (Wildman–Crippen LogP) is 3.05. The van der Waals surface area contributed by atoms with Crippen molar-refractivity contribution in [3.63, 3.8) is 0 Å². The molecule has 2 rings (SSSR count). The number of hydrogen-bond donors (Lipinski definition) is 3. The molecule has 0 saturated heterocycles. The first-order valence-corrected chi connectivity index (χ1v) is 9.20. The molecule has 0 aliphatic heterocycles. The standard InChI is InChI=1S/C20H23N3O4S/c1-14(2)11-13-27-17-7-5-15(6-8-17)19(25)22-23-20(28)21-18(24)10-9-16-4-3-12-26-16/h3-10,12,14H,11,13H2,1-2H3,(H,22,25)(H2,21,23,24,28). The number of thiocarbonyl (C=S) groups is 1. The molecule has 1 heterocycles. The summed E-state index contributed by atoms with van der Waals surface area (Å²) in [5, 5.41) is 2.38. The molecule has 0 spiro atoms. The van der Waals surface area contributed by atoms with Crippen LogP contribution >= 0.6 is 12.2 Å². The second kappa shape index (κ2) is 10.9. The van der Waals surface area contributed by atoms with Crippen molar-refractivity contribution in [2.75, 3.05) is 6.61 Å². The Morgan fingerprint density at radius 2 is 1.93 bits per heavy atom. The molecule has 2 amide bonds. The average Bonchev–Trinajstić information content (AvgIpc) is 3.18. The summed E-state index contributed by atoms with van der Waals surface area (Å²) in [7, 11) is 0. The van der Waals surface area contributed by atoms with Gasteiger partial charge in [-0.05, 0) is 67.0 Å². The topological polar surface area (TPSA) is 92.6 Å².